The number of para-hydroxylation sites is 1. The van der Waals surface area contributed by atoms with E-state index >= 15 is 0 Å². The number of anilines is 3. The summed E-state index contributed by atoms with van der Waals surface area (Å²) < 4.78 is 0. The van der Waals surface area contributed by atoms with Gasteiger partial charge in [-0.25, -0.2) is 0 Å². The zero-order valence-electron chi connectivity index (χ0n) is 15.9. The maximum atomic E-state index is 12.3. The van der Waals surface area contributed by atoms with Crippen molar-refractivity contribution in [2.24, 2.45) is 0 Å². The molecule has 0 radical (unpaired) electrons. The lowest BCUT2D eigenvalue weighted by Crippen LogP contribution is -2.27. The van der Waals surface area contributed by atoms with Crippen molar-refractivity contribution in [1.82, 2.24) is 5.32 Å². The zero-order valence-corrected chi connectivity index (χ0v) is 15.9. The summed E-state index contributed by atoms with van der Waals surface area (Å²) in [6.07, 6.45) is 4.56. The molecule has 2 aliphatic rings. The highest BCUT2D eigenvalue weighted by atomic mass is 16.2. The quantitative estimate of drug-likeness (QED) is 0.692. The number of amides is 2. The number of benzene rings is 2. The normalized spacial score (nSPS) is 15.9. The lowest BCUT2D eigenvalue weighted by atomic mass is 10.1. The minimum Gasteiger partial charge on any atom is -0.376 e. The number of carbonyl (C=O) groups excluding carboxylic acids is 2. The molecule has 2 fully saturated rings. The zero-order chi connectivity index (χ0) is 19.3. The fourth-order valence-corrected chi connectivity index (χ4v) is 3.44. The van der Waals surface area contributed by atoms with Crippen LogP contribution < -0.4 is 20.9 Å². The maximum Gasteiger partial charge on any atom is 0.253 e. The Kier molecular flexibility index (Phi) is 5.46. The molecule has 1 heterocycles. The van der Waals surface area contributed by atoms with Crippen LogP contribution in [-0.4, -0.2) is 37.5 Å². The van der Waals surface area contributed by atoms with Crippen LogP contribution in [0.5, 0.6) is 0 Å². The molecular weight excluding hydrogens is 352 g/mol. The van der Waals surface area contributed by atoms with Crippen molar-refractivity contribution in [3.05, 3.63) is 54.1 Å². The Balaban J connectivity index is 1.31. The van der Waals surface area contributed by atoms with E-state index in [1.165, 1.54) is 18.5 Å². The minimum absolute atomic E-state index is 0.0940. The van der Waals surface area contributed by atoms with Crippen LogP contribution >= 0.6 is 0 Å². The van der Waals surface area contributed by atoms with Crippen molar-refractivity contribution in [2.45, 2.75) is 31.7 Å². The van der Waals surface area contributed by atoms with E-state index in [9.17, 15) is 9.59 Å². The fourth-order valence-electron chi connectivity index (χ4n) is 3.44. The molecule has 1 aliphatic carbocycles. The Morgan fingerprint density at radius 2 is 1.68 bits per heavy atom. The van der Waals surface area contributed by atoms with Gasteiger partial charge < -0.3 is 20.9 Å². The molecule has 6 heteroatoms. The molecule has 4 rings (SSSR count). The SMILES string of the molecule is O=C(CNc1ccccc1C(=O)NC1CC1)Nc1ccc(N2CCCC2)cc1. The topological polar surface area (TPSA) is 73.5 Å². The predicted octanol–water partition coefficient (Wildman–Crippen LogP) is 3.23. The molecule has 0 aromatic heterocycles. The highest BCUT2D eigenvalue weighted by molar-refractivity contribution is 6.01. The van der Waals surface area contributed by atoms with E-state index in [0.717, 1.165) is 31.6 Å². The van der Waals surface area contributed by atoms with Gasteiger partial charge in [-0.3, -0.25) is 9.59 Å². The number of nitrogens with one attached hydrogen (secondary N) is 3. The van der Waals surface area contributed by atoms with Crippen LogP contribution in [0.3, 0.4) is 0 Å². The fraction of sp³-hybridized carbons (Fsp3) is 0.364. The summed E-state index contributed by atoms with van der Waals surface area (Å²) in [5.74, 6) is -0.241. The third-order valence-corrected chi connectivity index (χ3v) is 5.15. The largest absolute Gasteiger partial charge is 0.376 e. The molecule has 6 nitrogen and oxygen atoms in total. The van der Waals surface area contributed by atoms with Gasteiger partial charge in [-0.15, -0.1) is 0 Å². The second kappa shape index (κ2) is 8.33. The van der Waals surface area contributed by atoms with Crippen LogP contribution in [0, 0.1) is 0 Å². The van der Waals surface area contributed by atoms with Crippen molar-refractivity contribution in [3.8, 4) is 0 Å². The van der Waals surface area contributed by atoms with Crippen LogP contribution in [0.4, 0.5) is 17.1 Å². The average Bonchev–Trinajstić information content (AvgIpc) is 3.36. The molecule has 1 saturated carbocycles. The Bertz CT molecular complexity index is 840. The third-order valence-electron chi connectivity index (χ3n) is 5.15. The molecule has 3 N–H and O–H groups in total. The molecule has 2 amide bonds. The van der Waals surface area contributed by atoms with E-state index in [2.05, 4.69) is 20.9 Å². The molecule has 0 spiro atoms. The van der Waals surface area contributed by atoms with E-state index in [0.29, 0.717) is 17.3 Å². The van der Waals surface area contributed by atoms with Crippen LogP contribution in [0.25, 0.3) is 0 Å². The first-order valence-corrected chi connectivity index (χ1v) is 9.98. The van der Waals surface area contributed by atoms with Crippen molar-refractivity contribution >= 4 is 28.9 Å². The van der Waals surface area contributed by atoms with E-state index < -0.39 is 0 Å². The molecule has 2 aromatic carbocycles. The Labute approximate surface area is 165 Å². The maximum absolute atomic E-state index is 12.3. The van der Waals surface area contributed by atoms with Gasteiger partial charge in [0.05, 0.1) is 12.1 Å². The van der Waals surface area contributed by atoms with Gasteiger partial charge >= 0.3 is 0 Å². The standard InChI is InChI=1S/C22H26N4O2/c27-21(24-16-9-11-18(12-10-16)26-13-3-4-14-26)15-23-20-6-2-1-5-19(20)22(28)25-17-7-8-17/h1-2,5-6,9-12,17,23H,3-4,7-8,13-15H2,(H,24,27)(H,25,28). The summed E-state index contributed by atoms with van der Waals surface area (Å²) in [4.78, 5) is 27.0. The van der Waals surface area contributed by atoms with E-state index in [-0.39, 0.29) is 18.4 Å². The molecule has 0 atom stereocenters. The van der Waals surface area contributed by atoms with Crippen molar-refractivity contribution in [3.63, 3.8) is 0 Å². The molecule has 0 bridgehead atoms. The number of hydrogen-bond acceptors (Lipinski definition) is 4. The Morgan fingerprint density at radius 3 is 2.39 bits per heavy atom. The number of nitrogens with zero attached hydrogens (tertiary/aromatic N) is 1. The van der Waals surface area contributed by atoms with Gasteiger partial charge in [0.2, 0.25) is 5.91 Å². The Morgan fingerprint density at radius 1 is 0.964 bits per heavy atom. The molecule has 0 unspecified atom stereocenters. The number of hydrogen-bond donors (Lipinski definition) is 3. The summed E-state index contributed by atoms with van der Waals surface area (Å²) in [6.45, 7) is 2.30. The second-order valence-electron chi connectivity index (χ2n) is 7.44. The van der Waals surface area contributed by atoms with Gasteiger partial charge in [0.1, 0.15) is 0 Å². The first-order chi connectivity index (χ1) is 13.7. The highest BCUT2D eigenvalue weighted by Crippen LogP contribution is 2.23. The summed E-state index contributed by atoms with van der Waals surface area (Å²) in [6, 6.07) is 15.5. The molecule has 146 valence electrons. The molecule has 1 saturated heterocycles. The summed E-state index contributed by atoms with van der Waals surface area (Å²) in [7, 11) is 0. The Hall–Kier alpha value is -3.02. The van der Waals surface area contributed by atoms with Crippen LogP contribution in [0.2, 0.25) is 0 Å². The number of carbonyl (C=O) groups is 2. The summed E-state index contributed by atoms with van der Waals surface area (Å²) in [5, 5.41) is 8.97. The molecular formula is C22H26N4O2. The van der Waals surface area contributed by atoms with E-state index in [4.69, 9.17) is 0 Å². The van der Waals surface area contributed by atoms with Crippen LogP contribution in [-0.2, 0) is 4.79 Å². The van der Waals surface area contributed by atoms with Gasteiger partial charge in [-0.1, -0.05) is 12.1 Å². The smallest absolute Gasteiger partial charge is 0.253 e. The van der Waals surface area contributed by atoms with Gasteiger partial charge in [-0.2, -0.15) is 0 Å². The summed E-state index contributed by atoms with van der Waals surface area (Å²) >= 11 is 0. The predicted molar refractivity (Wildman–Crippen MR) is 112 cm³/mol. The van der Waals surface area contributed by atoms with Crippen molar-refractivity contribution in [1.29, 1.82) is 0 Å². The van der Waals surface area contributed by atoms with Crippen LogP contribution in [0.15, 0.2) is 48.5 Å². The van der Waals surface area contributed by atoms with Crippen molar-refractivity contribution < 1.29 is 9.59 Å². The summed E-state index contributed by atoms with van der Waals surface area (Å²) in [5.41, 5.74) is 3.20. The highest BCUT2D eigenvalue weighted by Gasteiger charge is 2.24. The average molecular weight is 378 g/mol. The van der Waals surface area contributed by atoms with E-state index in [1.54, 1.807) is 6.07 Å². The lowest BCUT2D eigenvalue weighted by molar-refractivity contribution is -0.114. The molecule has 1 aliphatic heterocycles. The third kappa shape index (κ3) is 4.63. The lowest BCUT2D eigenvalue weighted by Gasteiger charge is -2.18. The van der Waals surface area contributed by atoms with E-state index in [1.807, 2.05) is 42.5 Å². The second-order valence-corrected chi connectivity index (χ2v) is 7.44. The van der Waals surface area contributed by atoms with Gasteiger partial charge in [0, 0.05) is 36.2 Å². The van der Waals surface area contributed by atoms with Gasteiger partial charge in [0.15, 0.2) is 0 Å². The first kappa shape index (κ1) is 18.3. The van der Waals surface area contributed by atoms with Gasteiger partial charge in [-0.05, 0) is 62.1 Å². The number of rotatable bonds is 7. The monoisotopic (exact) mass is 378 g/mol. The first-order valence-electron chi connectivity index (χ1n) is 9.98. The van der Waals surface area contributed by atoms with Crippen LogP contribution in [0.1, 0.15) is 36.0 Å². The van der Waals surface area contributed by atoms with Crippen molar-refractivity contribution in [2.75, 3.05) is 35.2 Å². The molecule has 2 aromatic rings. The minimum atomic E-state index is -0.147. The molecule has 28 heavy (non-hydrogen) atoms. The van der Waals surface area contributed by atoms with Gasteiger partial charge in [0.25, 0.3) is 5.91 Å².